The van der Waals surface area contributed by atoms with Crippen LogP contribution in [-0.2, 0) is 9.22 Å². The van der Waals surface area contributed by atoms with Crippen LogP contribution in [0.4, 0.5) is 0 Å². The molecule has 0 aromatic rings. The van der Waals surface area contributed by atoms with E-state index in [0.29, 0.717) is 18.9 Å². The molecule has 0 rings (SSSR count). The molecule has 0 amide bonds. The van der Waals surface area contributed by atoms with Gasteiger partial charge in [-0.2, -0.15) is 0 Å². The molecule has 0 saturated carbocycles. The maximum Gasteiger partial charge on any atom is 0.192 e. The Morgan fingerprint density at radius 3 is 2.36 bits per heavy atom. The number of hydrogen-bond acceptors (Lipinski definition) is 2. The third kappa shape index (κ3) is 9.16. The predicted molar refractivity (Wildman–Crippen MR) is 99.6 cm³/mol. The van der Waals surface area contributed by atoms with Gasteiger partial charge in [-0.1, -0.05) is 58.1 Å². The summed E-state index contributed by atoms with van der Waals surface area (Å²) in [5.41, 5.74) is 0. The number of carbonyl (C=O) groups is 1. The van der Waals surface area contributed by atoms with Crippen molar-refractivity contribution in [1.82, 2.24) is 0 Å². The summed E-state index contributed by atoms with van der Waals surface area (Å²) in [6.45, 7) is 15.7. The largest absolute Gasteiger partial charge is 0.413 e. The van der Waals surface area contributed by atoms with Crippen molar-refractivity contribution in [2.75, 3.05) is 6.61 Å². The molecule has 1 unspecified atom stereocenters. The summed E-state index contributed by atoms with van der Waals surface area (Å²) < 4.78 is 6.02. The summed E-state index contributed by atoms with van der Waals surface area (Å²) in [6.07, 6.45) is 13.2. The van der Waals surface area contributed by atoms with Gasteiger partial charge in [-0.05, 0) is 43.5 Å². The molecule has 0 aliphatic carbocycles. The third-order valence-corrected chi connectivity index (χ3v) is 8.68. The summed E-state index contributed by atoms with van der Waals surface area (Å²) in [6, 6.07) is 0. The molecule has 0 radical (unpaired) electrons. The Morgan fingerprint density at radius 1 is 1.18 bits per heavy atom. The van der Waals surface area contributed by atoms with E-state index in [1.54, 1.807) is 6.08 Å². The van der Waals surface area contributed by atoms with E-state index in [4.69, 9.17) is 4.43 Å². The van der Waals surface area contributed by atoms with Crippen molar-refractivity contribution in [3.8, 4) is 0 Å². The smallest absolute Gasteiger partial charge is 0.192 e. The SMILES string of the molecule is C/C=C/C=C/CC(C)CC(=O)/C=C/CO[Si](C)(C)C(C)(C)C. The van der Waals surface area contributed by atoms with Gasteiger partial charge in [0.05, 0.1) is 6.61 Å². The molecule has 0 aliphatic rings. The predicted octanol–water partition coefficient (Wildman–Crippen LogP) is 5.68. The van der Waals surface area contributed by atoms with Crippen LogP contribution in [-0.4, -0.2) is 20.7 Å². The Labute approximate surface area is 138 Å². The highest BCUT2D eigenvalue weighted by Gasteiger charge is 2.36. The lowest BCUT2D eigenvalue weighted by atomic mass is 10.0. The molecular formula is C19H34O2Si. The van der Waals surface area contributed by atoms with Crippen LogP contribution >= 0.6 is 0 Å². The van der Waals surface area contributed by atoms with E-state index in [0.717, 1.165) is 6.42 Å². The van der Waals surface area contributed by atoms with Crippen molar-refractivity contribution >= 4 is 14.1 Å². The molecule has 126 valence electrons. The summed E-state index contributed by atoms with van der Waals surface area (Å²) in [4.78, 5) is 11.9. The number of rotatable bonds is 9. The first-order valence-electron chi connectivity index (χ1n) is 8.21. The molecule has 0 saturated heterocycles. The minimum absolute atomic E-state index is 0.186. The van der Waals surface area contributed by atoms with E-state index in [1.165, 1.54) is 0 Å². The Balaban J connectivity index is 4.12. The second-order valence-corrected chi connectivity index (χ2v) is 12.2. The number of carbonyl (C=O) groups excluding carboxylic acids is 1. The average molecular weight is 323 g/mol. The lowest BCUT2D eigenvalue weighted by molar-refractivity contribution is -0.115. The van der Waals surface area contributed by atoms with Crippen LogP contribution in [0, 0.1) is 5.92 Å². The Bertz CT molecular complexity index is 412. The van der Waals surface area contributed by atoms with E-state index in [-0.39, 0.29) is 10.8 Å². The first-order valence-corrected chi connectivity index (χ1v) is 11.1. The van der Waals surface area contributed by atoms with E-state index in [1.807, 2.05) is 31.2 Å². The molecule has 0 aromatic heterocycles. The molecule has 3 heteroatoms. The summed E-state index contributed by atoms with van der Waals surface area (Å²) in [5, 5.41) is 0.207. The van der Waals surface area contributed by atoms with E-state index < -0.39 is 8.32 Å². The number of ketones is 1. The monoisotopic (exact) mass is 322 g/mol. The Hall–Kier alpha value is -0.933. The maximum atomic E-state index is 11.9. The van der Waals surface area contributed by atoms with Crippen molar-refractivity contribution in [3.63, 3.8) is 0 Å². The van der Waals surface area contributed by atoms with Gasteiger partial charge in [0.25, 0.3) is 0 Å². The number of hydrogen-bond donors (Lipinski definition) is 0. The van der Waals surface area contributed by atoms with Gasteiger partial charge < -0.3 is 4.43 Å². The highest BCUT2D eigenvalue weighted by Crippen LogP contribution is 2.36. The molecule has 0 heterocycles. The summed E-state index contributed by atoms with van der Waals surface area (Å²) in [7, 11) is -1.71. The van der Waals surface area contributed by atoms with Crippen LogP contribution in [0.15, 0.2) is 36.5 Å². The molecule has 0 fully saturated rings. The van der Waals surface area contributed by atoms with E-state index >= 15 is 0 Å². The highest BCUT2D eigenvalue weighted by molar-refractivity contribution is 6.74. The standard InChI is InChI=1S/C19H34O2Si/c1-8-9-10-11-13-17(2)16-18(20)14-12-15-21-22(6,7)19(3,4)5/h8-12,14,17H,13,15-16H2,1-7H3/b9-8+,11-10+,14-12+. The zero-order chi connectivity index (χ0) is 17.2. The van der Waals surface area contributed by atoms with Crippen LogP contribution in [0.5, 0.6) is 0 Å². The fraction of sp³-hybridized carbons (Fsp3) is 0.632. The van der Waals surface area contributed by atoms with Crippen molar-refractivity contribution in [2.24, 2.45) is 5.92 Å². The summed E-state index contributed by atoms with van der Waals surface area (Å²) in [5.74, 6) is 0.561. The molecule has 0 N–H and O–H groups in total. The Kier molecular flexibility index (Phi) is 9.54. The summed E-state index contributed by atoms with van der Waals surface area (Å²) >= 11 is 0. The van der Waals surface area contributed by atoms with Crippen molar-refractivity contribution in [3.05, 3.63) is 36.5 Å². The maximum absolute atomic E-state index is 11.9. The van der Waals surface area contributed by atoms with Crippen LogP contribution in [0.25, 0.3) is 0 Å². The van der Waals surface area contributed by atoms with Gasteiger partial charge in [-0.25, -0.2) is 0 Å². The topological polar surface area (TPSA) is 26.3 Å². The lowest BCUT2D eigenvalue weighted by Crippen LogP contribution is -2.40. The van der Waals surface area contributed by atoms with E-state index in [9.17, 15) is 4.79 Å². The molecule has 0 aromatic carbocycles. The zero-order valence-corrected chi connectivity index (χ0v) is 16.5. The molecule has 2 nitrogen and oxygen atoms in total. The van der Waals surface area contributed by atoms with Gasteiger partial charge in [0.2, 0.25) is 0 Å². The van der Waals surface area contributed by atoms with Gasteiger partial charge in [0.15, 0.2) is 14.1 Å². The zero-order valence-electron chi connectivity index (χ0n) is 15.5. The minimum Gasteiger partial charge on any atom is -0.413 e. The van der Waals surface area contributed by atoms with Gasteiger partial charge in [-0.3, -0.25) is 4.79 Å². The molecule has 22 heavy (non-hydrogen) atoms. The fourth-order valence-corrected chi connectivity index (χ4v) is 2.59. The van der Waals surface area contributed by atoms with Crippen molar-refractivity contribution in [2.45, 2.75) is 65.6 Å². The van der Waals surface area contributed by atoms with Crippen LogP contribution in [0.1, 0.15) is 47.5 Å². The normalized spacial score (nSPS) is 15.2. The average Bonchev–Trinajstić information content (AvgIpc) is 2.38. The third-order valence-electron chi connectivity index (χ3n) is 4.18. The van der Waals surface area contributed by atoms with E-state index in [2.05, 4.69) is 46.9 Å². The second-order valence-electron chi connectivity index (χ2n) is 7.44. The first kappa shape index (κ1) is 21.1. The van der Waals surface area contributed by atoms with Gasteiger partial charge in [0.1, 0.15) is 0 Å². The van der Waals surface area contributed by atoms with Crippen LogP contribution in [0.3, 0.4) is 0 Å². The van der Waals surface area contributed by atoms with Crippen LogP contribution < -0.4 is 0 Å². The quantitative estimate of drug-likeness (QED) is 0.310. The fourth-order valence-electron chi connectivity index (χ4n) is 1.65. The molecular weight excluding hydrogens is 288 g/mol. The van der Waals surface area contributed by atoms with Gasteiger partial charge in [-0.15, -0.1) is 0 Å². The van der Waals surface area contributed by atoms with Gasteiger partial charge in [0, 0.05) is 6.42 Å². The van der Waals surface area contributed by atoms with Crippen LogP contribution in [0.2, 0.25) is 18.1 Å². The van der Waals surface area contributed by atoms with Crippen molar-refractivity contribution in [1.29, 1.82) is 0 Å². The minimum atomic E-state index is -1.71. The molecule has 1 atom stereocenters. The lowest BCUT2D eigenvalue weighted by Gasteiger charge is -2.35. The first-order chi connectivity index (χ1) is 10.1. The Morgan fingerprint density at radius 2 is 1.82 bits per heavy atom. The molecule has 0 bridgehead atoms. The molecule has 0 aliphatic heterocycles. The molecule has 0 spiro atoms. The van der Waals surface area contributed by atoms with Crippen molar-refractivity contribution < 1.29 is 9.22 Å². The van der Waals surface area contributed by atoms with Gasteiger partial charge >= 0.3 is 0 Å². The number of allylic oxidation sites excluding steroid dienone is 5. The highest BCUT2D eigenvalue weighted by atomic mass is 28.4. The second kappa shape index (κ2) is 9.96.